The van der Waals surface area contributed by atoms with E-state index in [2.05, 4.69) is 4.98 Å². The molecule has 0 aliphatic carbocycles. The number of hydrogen-bond donors (Lipinski definition) is 2. The molecule has 4 rings (SSSR count). The molecule has 3 aromatic carbocycles. The number of aromatic nitrogens is 1. The second kappa shape index (κ2) is 9.92. The van der Waals surface area contributed by atoms with Gasteiger partial charge in [0.2, 0.25) is 0 Å². The highest BCUT2D eigenvalue weighted by Crippen LogP contribution is 2.28. The van der Waals surface area contributed by atoms with Crippen molar-refractivity contribution in [3.63, 3.8) is 0 Å². The number of nitrogens with zero attached hydrogens (tertiary/aromatic N) is 1. The summed E-state index contributed by atoms with van der Waals surface area (Å²) in [4.78, 5) is 4.62. The Bertz CT molecular complexity index is 1250. The van der Waals surface area contributed by atoms with Crippen LogP contribution < -0.4 is 4.74 Å². The number of pyridine rings is 1. The first-order valence-electron chi connectivity index (χ1n) is 11.1. The molecule has 0 amide bonds. The molecule has 4 nitrogen and oxygen atoms in total. The van der Waals surface area contributed by atoms with Crippen LogP contribution in [0.1, 0.15) is 48.8 Å². The lowest BCUT2D eigenvalue weighted by Gasteiger charge is -2.22. The van der Waals surface area contributed by atoms with Crippen LogP contribution in [0.2, 0.25) is 5.02 Å². The molecule has 1 atom stereocenters. The summed E-state index contributed by atoms with van der Waals surface area (Å²) in [5.41, 5.74) is 3.44. The molecule has 0 saturated carbocycles. The van der Waals surface area contributed by atoms with Crippen molar-refractivity contribution in [2.45, 2.75) is 45.0 Å². The van der Waals surface area contributed by atoms with Crippen LogP contribution in [0, 0.1) is 0 Å². The third kappa shape index (κ3) is 5.91. The van der Waals surface area contributed by atoms with E-state index in [1.807, 2.05) is 78.9 Å². The first-order valence-corrected chi connectivity index (χ1v) is 11.4. The fraction of sp³-hybridized carbons (Fsp3) is 0.250. The summed E-state index contributed by atoms with van der Waals surface area (Å²) in [6, 6.07) is 24.9. The van der Waals surface area contributed by atoms with E-state index in [1.54, 1.807) is 13.8 Å². The summed E-state index contributed by atoms with van der Waals surface area (Å²) in [6.07, 6.45) is 0.573. The van der Waals surface area contributed by atoms with Crippen molar-refractivity contribution < 1.29 is 14.9 Å². The molecule has 0 aliphatic rings. The smallest absolute Gasteiger partial charge is 0.130 e. The fourth-order valence-corrected chi connectivity index (χ4v) is 4.14. The molecule has 1 aromatic heterocycles. The Morgan fingerprint density at radius 2 is 1.76 bits per heavy atom. The van der Waals surface area contributed by atoms with Gasteiger partial charge in [-0.15, -0.1) is 0 Å². The summed E-state index contributed by atoms with van der Waals surface area (Å²) in [5.74, 6) is 0.677. The van der Waals surface area contributed by atoms with E-state index in [0.717, 1.165) is 33.3 Å². The van der Waals surface area contributed by atoms with Gasteiger partial charge in [0.1, 0.15) is 12.4 Å². The highest BCUT2D eigenvalue weighted by Gasteiger charge is 2.20. The SMILES string of the molecule is CC(C)(O)c1ccccc1CCC(O)c1cccc(OCc2ccc3ccc(Cl)cc3n2)c1. The number of hydrogen-bond acceptors (Lipinski definition) is 4. The van der Waals surface area contributed by atoms with Crippen LogP contribution in [-0.2, 0) is 18.6 Å². The second-order valence-electron chi connectivity index (χ2n) is 8.77. The third-order valence-corrected chi connectivity index (χ3v) is 5.94. The molecule has 0 bridgehead atoms. The quantitative estimate of drug-likeness (QED) is 0.320. The van der Waals surface area contributed by atoms with Crippen molar-refractivity contribution in [2.75, 3.05) is 0 Å². The molecule has 4 aromatic rings. The molecule has 1 unspecified atom stereocenters. The zero-order valence-corrected chi connectivity index (χ0v) is 19.6. The molecule has 0 spiro atoms. The van der Waals surface area contributed by atoms with E-state index in [9.17, 15) is 10.2 Å². The predicted molar refractivity (Wildman–Crippen MR) is 132 cm³/mol. The molecule has 33 heavy (non-hydrogen) atoms. The number of ether oxygens (including phenoxy) is 1. The lowest BCUT2D eigenvalue weighted by molar-refractivity contribution is 0.0772. The Morgan fingerprint density at radius 3 is 2.58 bits per heavy atom. The Kier molecular flexibility index (Phi) is 6.99. The maximum Gasteiger partial charge on any atom is 0.130 e. The summed E-state index contributed by atoms with van der Waals surface area (Å²) in [7, 11) is 0. The van der Waals surface area contributed by atoms with Crippen molar-refractivity contribution in [3.05, 3.63) is 106 Å². The van der Waals surface area contributed by atoms with Crippen LogP contribution in [0.4, 0.5) is 0 Å². The molecule has 0 saturated heterocycles. The Balaban J connectivity index is 1.41. The molecule has 170 valence electrons. The van der Waals surface area contributed by atoms with Crippen molar-refractivity contribution in [1.29, 1.82) is 0 Å². The number of halogens is 1. The van der Waals surface area contributed by atoms with Gasteiger partial charge in [0.05, 0.1) is 22.9 Å². The average Bonchev–Trinajstić information content (AvgIpc) is 2.80. The van der Waals surface area contributed by atoms with Gasteiger partial charge in [-0.3, -0.25) is 0 Å². The Morgan fingerprint density at radius 1 is 0.970 bits per heavy atom. The molecule has 0 aliphatic heterocycles. The van der Waals surface area contributed by atoms with E-state index < -0.39 is 11.7 Å². The van der Waals surface area contributed by atoms with E-state index in [1.165, 1.54) is 0 Å². The van der Waals surface area contributed by atoms with Gasteiger partial charge >= 0.3 is 0 Å². The first kappa shape index (κ1) is 23.2. The van der Waals surface area contributed by atoms with Crippen LogP contribution in [-0.4, -0.2) is 15.2 Å². The maximum atomic E-state index is 10.8. The Labute approximate surface area is 199 Å². The number of aliphatic hydroxyl groups excluding tert-OH is 1. The van der Waals surface area contributed by atoms with E-state index in [-0.39, 0.29) is 0 Å². The number of aliphatic hydroxyl groups is 2. The molecule has 0 radical (unpaired) electrons. The van der Waals surface area contributed by atoms with Gasteiger partial charge in [-0.25, -0.2) is 4.98 Å². The zero-order valence-electron chi connectivity index (χ0n) is 18.8. The zero-order chi connectivity index (χ0) is 23.4. The summed E-state index contributed by atoms with van der Waals surface area (Å²) in [6.45, 7) is 3.88. The van der Waals surface area contributed by atoms with Gasteiger partial charge in [0, 0.05) is 10.4 Å². The number of fused-ring (bicyclic) bond motifs is 1. The van der Waals surface area contributed by atoms with Gasteiger partial charge in [0.15, 0.2) is 0 Å². The summed E-state index contributed by atoms with van der Waals surface area (Å²) < 4.78 is 5.95. The van der Waals surface area contributed by atoms with Crippen LogP contribution in [0.5, 0.6) is 5.75 Å². The molecule has 5 heteroatoms. The lowest BCUT2D eigenvalue weighted by Crippen LogP contribution is -2.18. The van der Waals surface area contributed by atoms with Gasteiger partial charge in [-0.2, -0.15) is 0 Å². The molecular weight excluding hydrogens is 434 g/mol. The fourth-order valence-electron chi connectivity index (χ4n) is 3.98. The maximum absolute atomic E-state index is 10.8. The van der Waals surface area contributed by atoms with Crippen molar-refractivity contribution in [1.82, 2.24) is 4.98 Å². The Hall–Kier alpha value is -2.92. The van der Waals surface area contributed by atoms with E-state index >= 15 is 0 Å². The highest BCUT2D eigenvalue weighted by molar-refractivity contribution is 6.31. The number of aryl methyl sites for hydroxylation is 1. The van der Waals surface area contributed by atoms with Gasteiger partial charge in [0.25, 0.3) is 0 Å². The van der Waals surface area contributed by atoms with E-state index in [0.29, 0.717) is 30.2 Å². The minimum absolute atomic E-state index is 0.320. The minimum atomic E-state index is -0.919. The second-order valence-corrected chi connectivity index (χ2v) is 9.21. The molecule has 2 N–H and O–H groups in total. The normalized spacial score (nSPS) is 12.6. The van der Waals surface area contributed by atoms with Crippen LogP contribution in [0.25, 0.3) is 10.9 Å². The standard InChI is InChI=1S/C28H28ClNO3/c1-28(2,32)25-9-4-3-6-19(25)12-15-27(31)21-7-5-8-24(16-21)33-18-23-14-11-20-10-13-22(29)17-26(20)30-23/h3-11,13-14,16-17,27,31-32H,12,15,18H2,1-2H3. The summed E-state index contributed by atoms with van der Waals surface area (Å²) >= 11 is 6.08. The van der Waals surface area contributed by atoms with Gasteiger partial charge < -0.3 is 14.9 Å². The highest BCUT2D eigenvalue weighted by atomic mass is 35.5. The van der Waals surface area contributed by atoms with E-state index in [4.69, 9.17) is 16.3 Å². The monoisotopic (exact) mass is 461 g/mol. The van der Waals surface area contributed by atoms with Crippen molar-refractivity contribution >= 4 is 22.5 Å². The number of rotatable bonds is 8. The largest absolute Gasteiger partial charge is 0.487 e. The molecule has 0 fully saturated rings. The minimum Gasteiger partial charge on any atom is -0.487 e. The number of benzene rings is 3. The third-order valence-electron chi connectivity index (χ3n) is 5.71. The summed E-state index contributed by atoms with van der Waals surface area (Å²) in [5, 5.41) is 22.9. The van der Waals surface area contributed by atoms with Gasteiger partial charge in [-0.1, -0.05) is 60.1 Å². The first-order chi connectivity index (χ1) is 15.8. The van der Waals surface area contributed by atoms with Gasteiger partial charge in [-0.05, 0) is 73.7 Å². The van der Waals surface area contributed by atoms with Crippen LogP contribution in [0.3, 0.4) is 0 Å². The predicted octanol–water partition coefficient (Wildman–Crippen LogP) is 6.36. The van der Waals surface area contributed by atoms with Crippen molar-refractivity contribution in [3.8, 4) is 5.75 Å². The van der Waals surface area contributed by atoms with Crippen molar-refractivity contribution in [2.24, 2.45) is 0 Å². The van der Waals surface area contributed by atoms with Crippen LogP contribution >= 0.6 is 11.6 Å². The topological polar surface area (TPSA) is 62.6 Å². The molecule has 1 heterocycles. The molecular formula is C28H28ClNO3. The average molecular weight is 462 g/mol. The lowest BCUT2D eigenvalue weighted by atomic mass is 9.90. The van der Waals surface area contributed by atoms with Crippen LogP contribution in [0.15, 0.2) is 78.9 Å².